The number of aliphatic hydroxyl groups excluding tert-OH is 1. The third-order valence-electron chi connectivity index (χ3n) is 5.74. The van der Waals surface area contributed by atoms with Gasteiger partial charge in [-0.2, -0.15) is 0 Å². The number of rotatable bonds is 8. The van der Waals surface area contributed by atoms with E-state index in [-0.39, 0.29) is 11.9 Å². The molecule has 0 aromatic heterocycles. The van der Waals surface area contributed by atoms with Crippen LogP contribution in [0, 0.1) is 12.7 Å². The predicted molar refractivity (Wildman–Crippen MR) is 125 cm³/mol. The third-order valence-corrected chi connectivity index (χ3v) is 5.74. The smallest absolute Gasteiger partial charge is 0.191 e. The maximum absolute atomic E-state index is 13.3. The molecule has 0 radical (unpaired) electrons. The highest BCUT2D eigenvalue weighted by Crippen LogP contribution is 2.15. The van der Waals surface area contributed by atoms with Crippen LogP contribution >= 0.6 is 0 Å². The Bertz CT molecular complexity index is 845. The van der Waals surface area contributed by atoms with Gasteiger partial charge in [0.05, 0.1) is 12.6 Å². The summed E-state index contributed by atoms with van der Waals surface area (Å²) < 4.78 is 13.3. The van der Waals surface area contributed by atoms with Crippen LogP contribution in [0.15, 0.2) is 47.5 Å². The van der Waals surface area contributed by atoms with Gasteiger partial charge in [-0.25, -0.2) is 9.38 Å². The summed E-state index contributed by atoms with van der Waals surface area (Å²) >= 11 is 0. The van der Waals surface area contributed by atoms with Crippen molar-refractivity contribution in [2.45, 2.75) is 52.3 Å². The van der Waals surface area contributed by atoms with Gasteiger partial charge in [-0.3, -0.25) is 4.90 Å². The van der Waals surface area contributed by atoms with Crippen molar-refractivity contribution in [3.05, 3.63) is 70.5 Å². The molecule has 1 aliphatic rings. The number of hydrogen-bond acceptors (Lipinski definition) is 3. The van der Waals surface area contributed by atoms with Crippen molar-refractivity contribution in [1.82, 2.24) is 15.5 Å². The van der Waals surface area contributed by atoms with Crippen molar-refractivity contribution < 1.29 is 9.50 Å². The first kappa shape index (κ1) is 23.2. The van der Waals surface area contributed by atoms with E-state index < -0.39 is 0 Å². The summed E-state index contributed by atoms with van der Waals surface area (Å²) in [4.78, 5) is 7.10. The van der Waals surface area contributed by atoms with E-state index in [0.29, 0.717) is 6.54 Å². The van der Waals surface area contributed by atoms with Crippen LogP contribution in [-0.4, -0.2) is 48.2 Å². The Morgan fingerprint density at radius 2 is 1.81 bits per heavy atom. The Morgan fingerprint density at radius 3 is 2.48 bits per heavy atom. The van der Waals surface area contributed by atoms with Crippen LogP contribution in [0.1, 0.15) is 42.0 Å². The van der Waals surface area contributed by atoms with E-state index in [1.807, 2.05) is 13.0 Å². The minimum absolute atomic E-state index is 0.129. The van der Waals surface area contributed by atoms with Crippen molar-refractivity contribution >= 4 is 5.96 Å². The van der Waals surface area contributed by atoms with E-state index >= 15 is 0 Å². The number of aryl methyl sites for hydroxylation is 1. The molecule has 2 aromatic carbocycles. The molecule has 1 heterocycles. The molecule has 2 aromatic rings. The van der Waals surface area contributed by atoms with Gasteiger partial charge in [-0.1, -0.05) is 30.3 Å². The fourth-order valence-corrected chi connectivity index (χ4v) is 3.85. The molecule has 168 valence electrons. The molecule has 3 rings (SSSR count). The van der Waals surface area contributed by atoms with E-state index in [9.17, 15) is 9.50 Å². The molecule has 1 aliphatic heterocycles. The van der Waals surface area contributed by atoms with Crippen LogP contribution in [0.5, 0.6) is 0 Å². The standard InChI is InChI=1S/C25H35FN4O/c1-3-27-25(28-13-10-22-8-9-23(26)16-19(22)2)29-17-20-4-6-21(7-5-20)18-30-14-11-24(31)12-15-30/h4-9,16,24,31H,3,10-15,17-18H2,1-2H3,(H2,27,28,29). The van der Waals surface area contributed by atoms with Gasteiger partial charge in [0, 0.05) is 32.7 Å². The number of aliphatic imine (C=N–C) groups is 1. The first-order chi connectivity index (χ1) is 15.0. The number of halogens is 1. The quantitative estimate of drug-likeness (QED) is 0.447. The van der Waals surface area contributed by atoms with E-state index in [0.717, 1.165) is 69.1 Å². The van der Waals surface area contributed by atoms with Crippen molar-refractivity contribution in [1.29, 1.82) is 0 Å². The zero-order valence-corrected chi connectivity index (χ0v) is 18.7. The molecule has 3 N–H and O–H groups in total. The van der Waals surface area contributed by atoms with E-state index in [2.05, 4.69) is 46.7 Å². The number of guanidine groups is 1. The fraction of sp³-hybridized carbons (Fsp3) is 0.480. The monoisotopic (exact) mass is 426 g/mol. The van der Waals surface area contributed by atoms with Crippen LogP contribution in [0.25, 0.3) is 0 Å². The molecule has 0 saturated carbocycles. The van der Waals surface area contributed by atoms with Crippen LogP contribution in [0.2, 0.25) is 0 Å². The van der Waals surface area contributed by atoms with Gasteiger partial charge in [-0.15, -0.1) is 0 Å². The lowest BCUT2D eigenvalue weighted by Gasteiger charge is -2.29. The SMILES string of the molecule is CCNC(=NCc1ccc(CN2CCC(O)CC2)cc1)NCCc1ccc(F)cc1C. The normalized spacial score (nSPS) is 15.8. The average molecular weight is 427 g/mol. The van der Waals surface area contributed by atoms with Crippen molar-refractivity contribution in [2.24, 2.45) is 4.99 Å². The molecule has 0 bridgehead atoms. The molecule has 0 amide bonds. The first-order valence-corrected chi connectivity index (χ1v) is 11.3. The Balaban J connectivity index is 1.48. The molecule has 31 heavy (non-hydrogen) atoms. The summed E-state index contributed by atoms with van der Waals surface area (Å²) in [7, 11) is 0. The summed E-state index contributed by atoms with van der Waals surface area (Å²) in [6.07, 6.45) is 2.43. The Morgan fingerprint density at radius 1 is 1.10 bits per heavy atom. The molecule has 5 nitrogen and oxygen atoms in total. The summed E-state index contributed by atoms with van der Waals surface area (Å²) in [5, 5.41) is 16.3. The molecule has 0 spiro atoms. The minimum Gasteiger partial charge on any atom is -0.393 e. The highest BCUT2D eigenvalue weighted by atomic mass is 19.1. The van der Waals surface area contributed by atoms with Gasteiger partial charge in [0.15, 0.2) is 5.96 Å². The Hall–Kier alpha value is -2.44. The predicted octanol–water partition coefficient (Wildman–Crippen LogP) is 3.39. The summed E-state index contributed by atoms with van der Waals surface area (Å²) in [6, 6.07) is 13.6. The first-order valence-electron chi connectivity index (χ1n) is 11.3. The van der Waals surface area contributed by atoms with Gasteiger partial charge >= 0.3 is 0 Å². The average Bonchev–Trinajstić information content (AvgIpc) is 2.76. The van der Waals surface area contributed by atoms with E-state index in [1.165, 1.54) is 17.2 Å². The molecule has 0 unspecified atom stereocenters. The van der Waals surface area contributed by atoms with Gasteiger partial charge < -0.3 is 15.7 Å². The zero-order valence-electron chi connectivity index (χ0n) is 18.7. The highest BCUT2D eigenvalue weighted by molar-refractivity contribution is 5.79. The van der Waals surface area contributed by atoms with Crippen molar-refractivity contribution in [3.63, 3.8) is 0 Å². The fourth-order valence-electron chi connectivity index (χ4n) is 3.85. The Labute approximate surface area is 185 Å². The van der Waals surface area contributed by atoms with Crippen LogP contribution in [-0.2, 0) is 19.5 Å². The molecular formula is C25H35FN4O. The molecule has 1 saturated heterocycles. The summed E-state index contributed by atoms with van der Waals surface area (Å²) in [5.74, 6) is 0.600. The largest absolute Gasteiger partial charge is 0.393 e. The second-order valence-corrected chi connectivity index (χ2v) is 8.27. The summed E-state index contributed by atoms with van der Waals surface area (Å²) in [6.45, 7) is 8.99. The molecule has 1 fully saturated rings. The number of aliphatic hydroxyl groups is 1. The van der Waals surface area contributed by atoms with Crippen LogP contribution in [0.3, 0.4) is 0 Å². The second-order valence-electron chi connectivity index (χ2n) is 8.27. The maximum Gasteiger partial charge on any atom is 0.191 e. The molecule has 6 heteroatoms. The number of piperidine rings is 1. The summed E-state index contributed by atoms with van der Waals surface area (Å²) in [5.41, 5.74) is 4.58. The van der Waals surface area contributed by atoms with Gasteiger partial charge in [-0.05, 0) is 67.5 Å². The number of benzene rings is 2. The molecule has 0 aliphatic carbocycles. The van der Waals surface area contributed by atoms with E-state index in [1.54, 1.807) is 6.07 Å². The van der Waals surface area contributed by atoms with Crippen molar-refractivity contribution in [2.75, 3.05) is 26.2 Å². The third kappa shape index (κ3) is 7.64. The number of nitrogens with one attached hydrogen (secondary N) is 2. The lowest BCUT2D eigenvalue weighted by atomic mass is 10.1. The van der Waals surface area contributed by atoms with Crippen LogP contribution < -0.4 is 10.6 Å². The number of nitrogens with zero attached hydrogens (tertiary/aromatic N) is 2. The van der Waals surface area contributed by atoms with Gasteiger partial charge in [0.1, 0.15) is 5.82 Å². The number of hydrogen-bond donors (Lipinski definition) is 3. The second kappa shape index (κ2) is 11.8. The van der Waals surface area contributed by atoms with Crippen LogP contribution in [0.4, 0.5) is 4.39 Å². The molecular weight excluding hydrogens is 391 g/mol. The molecule has 0 atom stereocenters. The minimum atomic E-state index is -0.190. The van der Waals surface area contributed by atoms with Gasteiger partial charge in [0.2, 0.25) is 0 Å². The van der Waals surface area contributed by atoms with E-state index in [4.69, 9.17) is 4.99 Å². The van der Waals surface area contributed by atoms with Crippen molar-refractivity contribution in [3.8, 4) is 0 Å². The lowest BCUT2D eigenvalue weighted by Crippen LogP contribution is -2.38. The topological polar surface area (TPSA) is 59.9 Å². The maximum atomic E-state index is 13.3. The van der Waals surface area contributed by atoms with Gasteiger partial charge in [0.25, 0.3) is 0 Å². The highest BCUT2D eigenvalue weighted by Gasteiger charge is 2.16. The zero-order chi connectivity index (χ0) is 22.1. The Kier molecular flexibility index (Phi) is 8.85. The lowest BCUT2D eigenvalue weighted by molar-refractivity contribution is 0.0792. The number of likely N-dealkylation sites (tertiary alicyclic amines) is 1.